The first-order valence-electron chi connectivity index (χ1n) is 5.41. The van der Waals surface area contributed by atoms with Gasteiger partial charge in [0.1, 0.15) is 24.4 Å². The molecule has 2 rings (SSSR count). The van der Waals surface area contributed by atoms with E-state index >= 15 is 0 Å². The van der Waals surface area contributed by atoms with Crippen molar-refractivity contribution in [3.63, 3.8) is 0 Å². The first-order chi connectivity index (χ1) is 8.54. The number of rotatable bonds is 3. The Balaban J connectivity index is 2.27. The number of nitrogens with two attached hydrogens (primary N) is 1. The molecule has 1 aromatic heterocycles. The number of pyridine rings is 1. The summed E-state index contributed by atoms with van der Waals surface area (Å²) in [6.07, 6.45) is -1.37. The third kappa shape index (κ3) is 2.21. The molecule has 7 nitrogen and oxygen atoms in total. The van der Waals surface area contributed by atoms with Crippen molar-refractivity contribution in [2.75, 3.05) is 6.61 Å². The zero-order valence-corrected chi connectivity index (χ0v) is 9.43. The molecule has 0 bridgehead atoms. The molecule has 2 heterocycles. The quantitative estimate of drug-likeness (QED) is 0.511. The standard InChI is InChI=1S/C11H14N2O5/c12-11(17)6-1-5(2-13-3-6)10-9(16)8(15)7(4-14)18-10/h1-3,7-10,14-16H,4H2,(H2,12,17)/t7-,8?,9?,10+/m1/s1. The molecule has 0 aromatic carbocycles. The van der Waals surface area contributed by atoms with Crippen LogP contribution in [0, 0.1) is 0 Å². The summed E-state index contributed by atoms with van der Waals surface area (Å²) in [5.74, 6) is -0.643. The lowest BCUT2D eigenvalue weighted by Crippen LogP contribution is -2.32. The highest BCUT2D eigenvalue weighted by Crippen LogP contribution is 2.33. The van der Waals surface area contributed by atoms with Gasteiger partial charge in [0, 0.05) is 18.0 Å². The molecule has 1 aliphatic heterocycles. The van der Waals surface area contributed by atoms with Crippen LogP contribution in [0.2, 0.25) is 0 Å². The number of nitrogens with zero attached hydrogens (tertiary/aromatic N) is 1. The molecule has 98 valence electrons. The van der Waals surface area contributed by atoms with Crippen molar-refractivity contribution in [1.29, 1.82) is 0 Å². The molecule has 0 spiro atoms. The summed E-state index contributed by atoms with van der Waals surface area (Å²) < 4.78 is 5.31. The third-order valence-corrected chi connectivity index (χ3v) is 2.91. The van der Waals surface area contributed by atoms with E-state index in [4.69, 9.17) is 15.6 Å². The van der Waals surface area contributed by atoms with Gasteiger partial charge in [0.05, 0.1) is 12.2 Å². The number of hydrogen-bond donors (Lipinski definition) is 4. The number of primary amides is 1. The van der Waals surface area contributed by atoms with Gasteiger partial charge in [-0.2, -0.15) is 0 Å². The highest BCUT2D eigenvalue weighted by molar-refractivity contribution is 5.92. The SMILES string of the molecule is NC(=O)c1cncc([C@@H]2O[C@H](CO)C(O)C2O)c1. The monoisotopic (exact) mass is 254 g/mol. The van der Waals surface area contributed by atoms with Gasteiger partial charge in [-0.15, -0.1) is 0 Å². The molecule has 1 amide bonds. The van der Waals surface area contributed by atoms with Crippen LogP contribution in [0.25, 0.3) is 0 Å². The maximum Gasteiger partial charge on any atom is 0.250 e. The van der Waals surface area contributed by atoms with Crippen LogP contribution in [0.5, 0.6) is 0 Å². The molecular weight excluding hydrogens is 240 g/mol. The molecule has 7 heteroatoms. The molecule has 0 aliphatic carbocycles. The zero-order chi connectivity index (χ0) is 13.3. The van der Waals surface area contributed by atoms with Gasteiger partial charge in [-0.3, -0.25) is 9.78 Å². The summed E-state index contributed by atoms with van der Waals surface area (Å²) in [5.41, 5.74) is 5.74. The van der Waals surface area contributed by atoms with Crippen LogP contribution in [0.4, 0.5) is 0 Å². The highest BCUT2D eigenvalue weighted by Gasteiger charge is 2.43. The van der Waals surface area contributed by atoms with Crippen LogP contribution >= 0.6 is 0 Å². The Labute approximate surface area is 103 Å². The summed E-state index contributed by atoms with van der Waals surface area (Å²) in [6, 6.07) is 1.44. The van der Waals surface area contributed by atoms with Crippen LogP contribution in [0.15, 0.2) is 18.5 Å². The summed E-state index contributed by atoms with van der Waals surface area (Å²) in [5, 5.41) is 28.4. The first-order valence-corrected chi connectivity index (χ1v) is 5.41. The number of aliphatic hydroxyl groups is 3. The topological polar surface area (TPSA) is 126 Å². The fourth-order valence-electron chi connectivity index (χ4n) is 1.92. The number of ether oxygens (including phenoxy) is 1. The normalized spacial score (nSPS) is 31.5. The van der Waals surface area contributed by atoms with Crippen LogP contribution in [-0.2, 0) is 4.74 Å². The largest absolute Gasteiger partial charge is 0.394 e. The lowest BCUT2D eigenvalue weighted by atomic mass is 10.0. The molecule has 18 heavy (non-hydrogen) atoms. The van der Waals surface area contributed by atoms with Crippen molar-refractivity contribution in [2.45, 2.75) is 24.4 Å². The highest BCUT2D eigenvalue weighted by atomic mass is 16.6. The van der Waals surface area contributed by atoms with E-state index in [9.17, 15) is 15.0 Å². The van der Waals surface area contributed by atoms with Gasteiger partial charge < -0.3 is 25.8 Å². The van der Waals surface area contributed by atoms with Crippen molar-refractivity contribution in [3.8, 4) is 0 Å². The lowest BCUT2D eigenvalue weighted by molar-refractivity contribution is -0.0228. The van der Waals surface area contributed by atoms with Crippen molar-refractivity contribution < 1.29 is 24.9 Å². The van der Waals surface area contributed by atoms with Crippen LogP contribution in [-0.4, -0.2) is 51.1 Å². The van der Waals surface area contributed by atoms with E-state index < -0.39 is 36.9 Å². The van der Waals surface area contributed by atoms with Gasteiger partial charge in [0.15, 0.2) is 0 Å². The molecule has 1 saturated heterocycles. The summed E-state index contributed by atoms with van der Waals surface area (Å²) in [4.78, 5) is 14.8. The van der Waals surface area contributed by atoms with Crippen LogP contribution < -0.4 is 5.73 Å². The number of hydrogen-bond acceptors (Lipinski definition) is 6. The Hall–Kier alpha value is -1.54. The van der Waals surface area contributed by atoms with E-state index in [1.807, 2.05) is 0 Å². The van der Waals surface area contributed by atoms with E-state index in [0.717, 1.165) is 0 Å². The molecule has 1 aliphatic rings. The summed E-state index contributed by atoms with van der Waals surface area (Å²) >= 11 is 0. The molecule has 4 atom stereocenters. The first kappa shape index (κ1) is 12.9. The second-order valence-electron chi connectivity index (χ2n) is 4.13. The predicted molar refractivity (Wildman–Crippen MR) is 59.5 cm³/mol. The third-order valence-electron chi connectivity index (χ3n) is 2.91. The maximum atomic E-state index is 11.0. The Morgan fingerprint density at radius 3 is 2.67 bits per heavy atom. The average Bonchev–Trinajstić information content (AvgIpc) is 2.66. The lowest BCUT2D eigenvalue weighted by Gasteiger charge is -2.14. The Morgan fingerprint density at radius 2 is 2.11 bits per heavy atom. The van der Waals surface area contributed by atoms with Gasteiger partial charge in [0.2, 0.25) is 5.91 Å². The van der Waals surface area contributed by atoms with Crippen LogP contribution in [0.3, 0.4) is 0 Å². The Morgan fingerprint density at radius 1 is 1.39 bits per heavy atom. The second-order valence-corrected chi connectivity index (χ2v) is 4.13. The van der Waals surface area contributed by atoms with E-state index in [-0.39, 0.29) is 5.56 Å². The van der Waals surface area contributed by atoms with E-state index in [2.05, 4.69) is 4.98 Å². The molecule has 2 unspecified atom stereocenters. The van der Waals surface area contributed by atoms with Gasteiger partial charge in [-0.25, -0.2) is 0 Å². The van der Waals surface area contributed by atoms with Crippen molar-refractivity contribution >= 4 is 5.91 Å². The minimum absolute atomic E-state index is 0.185. The second kappa shape index (κ2) is 4.99. The average molecular weight is 254 g/mol. The molecule has 0 radical (unpaired) electrons. The fourth-order valence-corrected chi connectivity index (χ4v) is 1.92. The maximum absolute atomic E-state index is 11.0. The minimum atomic E-state index is -1.19. The van der Waals surface area contributed by atoms with E-state index in [1.54, 1.807) is 0 Å². The summed E-state index contributed by atoms with van der Waals surface area (Å²) in [6.45, 7) is -0.405. The van der Waals surface area contributed by atoms with Gasteiger partial charge in [-0.05, 0) is 6.07 Å². The minimum Gasteiger partial charge on any atom is -0.394 e. The Bertz CT molecular complexity index is 453. The molecule has 1 aromatic rings. The molecule has 0 saturated carbocycles. The smallest absolute Gasteiger partial charge is 0.250 e. The Kier molecular flexibility index (Phi) is 3.58. The predicted octanol–water partition coefficient (Wildman–Crippen LogP) is -1.67. The van der Waals surface area contributed by atoms with Gasteiger partial charge in [-0.1, -0.05) is 0 Å². The molecule has 1 fully saturated rings. The van der Waals surface area contributed by atoms with Gasteiger partial charge in [0.25, 0.3) is 0 Å². The number of carbonyl (C=O) groups is 1. The van der Waals surface area contributed by atoms with E-state index in [0.29, 0.717) is 5.56 Å². The number of amides is 1. The van der Waals surface area contributed by atoms with E-state index in [1.165, 1.54) is 18.5 Å². The van der Waals surface area contributed by atoms with Gasteiger partial charge >= 0.3 is 0 Å². The molecule has 5 N–H and O–H groups in total. The van der Waals surface area contributed by atoms with Crippen molar-refractivity contribution in [1.82, 2.24) is 4.98 Å². The molecular formula is C11H14N2O5. The number of aliphatic hydroxyl groups excluding tert-OH is 3. The van der Waals surface area contributed by atoms with Crippen molar-refractivity contribution in [2.24, 2.45) is 5.73 Å². The number of aromatic nitrogens is 1. The summed E-state index contributed by atoms with van der Waals surface area (Å²) in [7, 11) is 0. The zero-order valence-electron chi connectivity index (χ0n) is 9.43. The van der Waals surface area contributed by atoms with Crippen LogP contribution in [0.1, 0.15) is 22.0 Å². The van der Waals surface area contributed by atoms with Crippen molar-refractivity contribution in [3.05, 3.63) is 29.6 Å². The fraction of sp³-hybridized carbons (Fsp3) is 0.455. The number of carbonyl (C=O) groups excluding carboxylic acids is 1.